The second-order valence-corrected chi connectivity index (χ2v) is 8.34. The first kappa shape index (κ1) is 9.86. The first-order chi connectivity index (χ1) is 6.88. The first-order valence-corrected chi connectivity index (χ1v) is 8.93. The number of nitrogens with zero attached hydrogens (tertiary/aromatic N) is 2. The van der Waals surface area contributed by atoms with Gasteiger partial charge >= 0.3 is 93.8 Å². The van der Waals surface area contributed by atoms with Crippen LogP contribution in [0.25, 0.3) is 0 Å². The third-order valence-electron chi connectivity index (χ3n) is 1.63. The molecule has 0 saturated heterocycles. The predicted molar refractivity (Wildman–Crippen MR) is 65.7 cm³/mol. The second-order valence-electron chi connectivity index (χ2n) is 2.58. The summed E-state index contributed by atoms with van der Waals surface area (Å²) >= 11 is -1.75. The van der Waals surface area contributed by atoms with E-state index in [4.69, 9.17) is 8.91 Å². The van der Waals surface area contributed by atoms with Gasteiger partial charge in [0.1, 0.15) is 0 Å². The van der Waals surface area contributed by atoms with E-state index in [0.717, 1.165) is 7.14 Å². The zero-order valence-corrected chi connectivity index (χ0v) is 10.2. The molecule has 0 aliphatic rings. The Kier molecular flexibility index (Phi) is 3.31. The molecular formula is C10H8ClIN2. The van der Waals surface area contributed by atoms with Crippen LogP contribution in [0.3, 0.4) is 0 Å². The third-order valence-corrected chi connectivity index (χ3v) is 7.31. The molecule has 0 spiro atoms. The second kappa shape index (κ2) is 4.70. The van der Waals surface area contributed by atoms with Gasteiger partial charge in [0, 0.05) is 0 Å². The van der Waals surface area contributed by atoms with E-state index in [-0.39, 0.29) is 0 Å². The molecule has 0 radical (unpaired) electrons. The van der Waals surface area contributed by atoms with Crippen LogP contribution in [0.4, 0.5) is 0 Å². The summed E-state index contributed by atoms with van der Waals surface area (Å²) in [4.78, 5) is 8.13. The molecule has 0 bridgehead atoms. The Labute approximate surface area is 93.5 Å². The molecule has 0 aliphatic carbocycles. The quantitative estimate of drug-likeness (QED) is 0.795. The van der Waals surface area contributed by atoms with Crippen molar-refractivity contribution in [3.05, 3.63) is 56.2 Å². The van der Waals surface area contributed by atoms with Crippen molar-refractivity contribution in [3.63, 3.8) is 0 Å². The summed E-state index contributed by atoms with van der Waals surface area (Å²) in [7, 11) is 6.41. The van der Waals surface area contributed by atoms with E-state index < -0.39 is 18.7 Å². The maximum absolute atomic E-state index is 6.41. The Morgan fingerprint density at radius 3 is 1.79 bits per heavy atom. The molecule has 0 amide bonds. The average Bonchev–Trinajstić information content (AvgIpc) is 2.30. The van der Waals surface area contributed by atoms with Crippen LogP contribution in [-0.2, 0) is 0 Å². The molecule has 0 N–H and O–H groups in total. The topological polar surface area (TPSA) is 25.8 Å². The summed E-state index contributed by atoms with van der Waals surface area (Å²) in [5, 5.41) is 0. The average molecular weight is 319 g/mol. The number of hydrogen-bond acceptors (Lipinski definition) is 2. The molecule has 2 aromatic rings. The molecule has 14 heavy (non-hydrogen) atoms. The van der Waals surface area contributed by atoms with E-state index in [0.29, 0.717) is 0 Å². The van der Waals surface area contributed by atoms with Crippen molar-refractivity contribution in [1.29, 1.82) is 0 Å². The summed E-state index contributed by atoms with van der Waals surface area (Å²) in [5.41, 5.74) is 0. The van der Waals surface area contributed by atoms with E-state index in [1.807, 2.05) is 36.7 Å². The maximum atomic E-state index is 6.41. The van der Waals surface area contributed by atoms with Gasteiger partial charge in [0.25, 0.3) is 0 Å². The van der Waals surface area contributed by atoms with Crippen LogP contribution in [0.2, 0.25) is 0 Å². The van der Waals surface area contributed by atoms with Gasteiger partial charge in [-0.3, -0.25) is 0 Å². The molecule has 4 heteroatoms. The van der Waals surface area contributed by atoms with Crippen LogP contribution < -0.4 is 0 Å². The SMILES string of the molecule is ClI(c1cccnc1)c1cccnc1. The monoisotopic (exact) mass is 318 g/mol. The van der Waals surface area contributed by atoms with Crippen LogP contribution in [0.5, 0.6) is 0 Å². The third kappa shape index (κ3) is 2.22. The van der Waals surface area contributed by atoms with Crippen molar-refractivity contribution in [1.82, 2.24) is 9.97 Å². The van der Waals surface area contributed by atoms with Gasteiger partial charge in [-0.1, -0.05) is 0 Å². The van der Waals surface area contributed by atoms with Gasteiger partial charge in [-0.2, -0.15) is 0 Å². The van der Waals surface area contributed by atoms with Crippen LogP contribution in [-0.4, -0.2) is 9.97 Å². The molecule has 0 saturated carbocycles. The molecule has 2 rings (SSSR count). The van der Waals surface area contributed by atoms with E-state index in [1.165, 1.54) is 0 Å². The van der Waals surface area contributed by atoms with Gasteiger partial charge < -0.3 is 0 Å². The van der Waals surface area contributed by atoms with Crippen molar-refractivity contribution < 1.29 is 0 Å². The predicted octanol–water partition coefficient (Wildman–Crippen LogP) is 3.18. The number of pyridine rings is 2. The van der Waals surface area contributed by atoms with Crippen molar-refractivity contribution >= 4 is 27.6 Å². The molecule has 0 aromatic carbocycles. The summed E-state index contributed by atoms with van der Waals surface area (Å²) in [6, 6.07) is 7.88. The molecule has 0 atom stereocenters. The van der Waals surface area contributed by atoms with Crippen LogP contribution in [0.1, 0.15) is 0 Å². The molecular weight excluding hydrogens is 310 g/mol. The fourth-order valence-electron chi connectivity index (χ4n) is 1.01. The van der Waals surface area contributed by atoms with Crippen molar-refractivity contribution in [2.45, 2.75) is 0 Å². The Morgan fingerprint density at radius 1 is 0.929 bits per heavy atom. The van der Waals surface area contributed by atoms with Gasteiger partial charge in [-0.25, -0.2) is 0 Å². The fourth-order valence-corrected chi connectivity index (χ4v) is 4.72. The summed E-state index contributed by atoms with van der Waals surface area (Å²) < 4.78 is 2.29. The summed E-state index contributed by atoms with van der Waals surface area (Å²) in [5.74, 6) is 0. The molecule has 2 aromatic heterocycles. The van der Waals surface area contributed by atoms with Gasteiger partial charge in [-0.05, 0) is 0 Å². The minimum absolute atomic E-state index is 1.14. The molecule has 2 nitrogen and oxygen atoms in total. The Hall–Kier alpha value is -0.680. The zero-order valence-electron chi connectivity index (χ0n) is 7.27. The van der Waals surface area contributed by atoms with Crippen LogP contribution in [0, 0.1) is 7.14 Å². The summed E-state index contributed by atoms with van der Waals surface area (Å²) in [6.07, 6.45) is 7.19. The minimum atomic E-state index is -1.75. The zero-order chi connectivity index (χ0) is 9.80. The first-order valence-electron chi connectivity index (χ1n) is 4.04. The number of halogens is 2. The van der Waals surface area contributed by atoms with Crippen LogP contribution in [0.15, 0.2) is 49.1 Å². The van der Waals surface area contributed by atoms with Crippen molar-refractivity contribution in [2.24, 2.45) is 0 Å². The molecule has 2 heterocycles. The Bertz CT molecular complexity index is 354. The molecule has 0 aliphatic heterocycles. The Balaban J connectivity index is 2.30. The summed E-state index contributed by atoms with van der Waals surface area (Å²) in [6.45, 7) is 0. The Morgan fingerprint density at radius 2 is 1.43 bits per heavy atom. The number of hydrogen-bond donors (Lipinski definition) is 0. The number of rotatable bonds is 2. The standard InChI is InChI=1S/C10H8ClIN2/c11-12(9-3-1-5-13-7-9)10-4-2-6-14-8-10/h1-8H. The van der Waals surface area contributed by atoms with Crippen molar-refractivity contribution in [2.75, 3.05) is 0 Å². The van der Waals surface area contributed by atoms with Crippen LogP contribution >= 0.6 is 27.6 Å². The number of aromatic nitrogens is 2. The van der Waals surface area contributed by atoms with E-state index >= 15 is 0 Å². The van der Waals surface area contributed by atoms with Gasteiger partial charge in [-0.15, -0.1) is 0 Å². The van der Waals surface area contributed by atoms with Gasteiger partial charge in [0.15, 0.2) is 0 Å². The molecule has 0 fully saturated rings. The fraction of sp³-hybridized carbons (Fsp3) is 0. The van der Waals surface area contributed by atoms with Gasteiger partial charge in [0.05, 0.1) is 0 Å². The molecule has 0 unspecified atom stereocenters. The van der Waals surface area contributed by atoms with E-state index in [1.54, 1.807) is 12.4 Å². The van der Waals surface area contributed by atoms with E-state index in [9.17, 15) is 0 Å². The molecule has 72 valence electrons. The van der Waals surface area contributed by atoms with E-state index in [2.05, 4.69) is 9.97 Å². The van der Waals surface area contributed by atoms with Gasteiger partial charge in [0.2, 0.25) is 0 Å². The van der Waals surface area contributed by atoms with Crippen molar-refractivity contribution in [3.8, 4) is 0 Å². The normalized spacial score (nSPS) is 11.1.